The molecule has 2 aliphatic rings. The number of aryl methyl sites for hydroxylation is 2. The van der Waals surface area contributed by atoms with Crippen LogP contribution in [0.5, 0.6) is 11.5 Å². The molecule has 0 aromatic heterocycles. The van der Waals surface area contributed by atoms with Gasteiger partial charge in [-0.15, -0.1) is 0 Å². The first-order valence-electron chi connectivity index (χ1n) is 10.8. The van der Waals surface area contributed by atoms with Gasteiger partial charge in [0.15, 0.2) is 5.75 Å². The van der Waals surface area contributed by atoms with E-state index >= 15 is 0 Å². The van der Waals surface area contributed by atoms with E-state index in [2.05, 4.69) is 4.90 Å². The first-order chi connectivity index (χ1) is 15.8. The van der Waals surface area contributed by atoms with Gasteiger partial charge in [0.05, 0.1) is 10.5 Å². The monoisotopic (exact) mass is 465 g/mol. The van der Waals surface area contributed by atoms with Crippen LogP contribution in [0.2, 0.25) is 0 Å². The third-order valence-electron chi connectivity index (χ3n) is 6.01. The second-order valence-corrected chi connectivity index (χ2v) is 10.2. The number of sulfonamides is 1. The predicted octanol–water partition coefficient (Wildman–Crippen LogP) is 4.63. The van der Waals surface area contributed by atoms with Gasteiger partial charge in [0, 0.05) is 26.2 Å². The van der Waals surface area contributed by atoms with Crippen molar-refractivity contribution in [1.82, 2.24) is 9.21 Å². The summed E-state index contributed by atoms with van der Waals surface area (Å²) < 4.78 is 47.7. The summed E-state index contributed by atoms with van der Waals surface area (Å²) in [5, 5.41) is 0. The number of nitrogens with zero attached hydrogens (tertiary/aromatic N) is 3. The van der Waals surface area contributed by atoms with Crippen LogP contribution in [-0.4, -0.2) is 49.6 Å². The first-order valence-corrected chi connectivity index (χ1v) is 12.2. The van der Waals surface area contributed by atoms with Gasteiger partial charge in [-0.05, 0) is 61.4 Å². The molecule has 2 aliphatic heterocycles. The molecule has 6 nitrogen and oxygen atoms in total. The maximum absolute atomic E-state index is 14.0. The topological polar surface area (TPSA) is 62.2 Å². The summed E-state index contributed by atoms with van der Waals surface area (Å²) in [5.41, 5.74) is 3.10. The summed E-state index contributed by atoms with van der Waals surface area (Å²) in [6.07, 6.45) is 0. The van der Waals surface area contributed by atoms with E-state index in [9.17, 15) is 12.8 Å². The van der Waals surface area contributed by atoms with Crippen molar-refractivity contribution in [2.75, 3.05) is 26.2 Å². The van der Waals surface area contributed by atoms with E-state index in [-0.39, 0.29) is 18.0 Å². The van der Waals surface area contributed by atoms with Crippen molar-refractivity contribution < 1.29 is 17.5 Å². The molecule has 33 heavy (non-hydrogen) atoms. The molecule has 0 amide bonds. The molecule has 0 aliphatic carbocycles. The zero-order valence-corrected chi connectivity index (χ0v) is 19.3. The van der Waals surface area contributed by atoms with Gasteiger partial charge >= 0.3 is 0 Å². The molecule has 0 saturated carbocycles. The van der Waals surface area contributed by atoms with Gasteiger partial charge in [-0.2, -0.15) is 4.31 Å². The highest BCUT2D eigenvalue weighted by Gasteiger charge is 2.31. The Morgan fingerprint density at radius 1 is 0.909 bits per heavy atom. The number of fused-ring (bicyclic) bond motifs is 2. The van der Waals surface area contributed by atoms with E-state index < -0.39 is 15.8 Å². The Hall–Kier alpha value is -3.23. The summed E-state index contributed by atoms with van der Waals surface area (Å²) >= 11 is 0. The number of piperazine rings is 1. The molecule has 3 aromatic rings. The normalized spacial score (nSPS) is 16.3. The summed E-state index contributed by atoms with van der Waals surface area (Å²) in [6.45, 7) is 5.09. The third kappa shape index (κ3) is 4.00. The zero-order chi connectivity index (χ0) is 23.2. The Balaban J connectivity index is 1.43. The van der Waals surface area contributed by atoms with Crippen molar-refractivity contribution in [2.45, 2.75) is 18.7 Å². The van der Waals surface area contributed by atoms with Crippen LogP contribution >= 0.6 is 0 Å². The van der Waals surface area contributed by atoms with Crippen LogP contribution in [0.15, 0.2) is 70.6 Å². The molecular weight excluding hydrogens is 441 g/mol. The van der Waals surface area contributed by atoms with E-state index in [1.54, 1.807) is 6.92 Å². The van der Waals surface area contributed by atoms with Gasteiger partial charge in [-0.1, -0.05) is 24.3 Å². The lowest BCUT2D eigenvalue weighted by molar-refractivity contribution is 0.266. The standard InChI is InChI=1S/C25H24FN3O3S/c1-17-7-10-22-24(15-17)32-23-6-4-3-5-20(23)25(27-22)28-11-13-29(14-12-28)33(30,31)19-9-8-18(2)21(26)16-19/h3-10,15-16H,11-14H2,1-2H3. The van der Waals surface area contributed by atoms with Crippen molar-refractivity contribution in [1.29, 1.82) is 0 Å². The molecule has 0 bridgehead atoms. The Labute approximate surface area is 193 Å². The number of rotatable bonds is 2. The minimum Gasteiger partial charge on any atom is -0.454 e. The minimum absolute atomic E-state index is 0.0195. The van der Waals surface area contributed by atoms with Crippen molar-refractivity contribution in [3.63, 3.8) is 0 Å². The average molecular weight is 466 g/mol. The third-order valence-corrected chi connectivity index (χ3v) is 7.90. The number of halogens is 1. The van der Waals surface area contributed by atoms with Crippen LogP contribution in [-0.2, 0) is 10.0 Å². The van der Waals surface area contributed by atoms with E-state index in [4.69, 9.17) is 9.73 Å². The molecular formula is C25H24FN3O3S. The molecule has 5 rings (SSSR count). The summed E-state index contributed by atoms with van der Waals surface area (Å²) in [4.78, 5) is 6.97. The Bertz CT molecular complexity index is 1360. The molecule has 8 heteroatoms. The van der Waals surface area contributed by atoms with Crippen LogP contribution in [0.25, 0.3) is 0 Å². The highest BCUT2D eigenvalue weighted by atomic mass is 32.2. The van der Waals surface area contributed by atoms with Gasteiger partial charge in [0.2, 0.25) is 10.0 Å². The number of para-hydroxylation sites is 1. The van der Waals surface area contributed by atoms with Crippen LogP contribution in [0.1, 0.15) is 16.7 Å². The second-order valence-electron chi connectivity index (χ2n) is 8.31. The highest BCUT2D eigenvalue weighted by Crippen LogP contribution is 2.38. The molecule has 170 valence electrons. The minimum atomic E-state index is -3.77. The largest absolute Gasteiger partial charge is 0.454 e. The van der Waals surface area contributed by atoms with Crippen molar-refractivity contribution in [2.24, 2.45) is 4.99 Å². The Morgan fingerprint density at radius 2 is 1.67 bits per heavy atom. The van der Waals surface area contributed by atoms with Crippen LogP contribution in [0.4, 0.5) is 10.1 Å². The quantitative estimate of drug-likeness (QED) is 0.554. The summed E-state index contributed by atoms with van der Waals surface area (Å²) in [7, 11) is -3.77. The number of hydrogen-bond donors (Lipinski definition) is 0. The summed E-state index contributed by atoms with van der Waals surface area (Å²) in [5.74, 6) is 1.64. The lowest BCUT2D eigenvalue weighted by Crippen LogP contribution is -2.50. The Kier molecular flexibility index (Phi) is 5.42. The molecule has 3 aromatic carbocycles. The van der Waals surface area contributed by atoms with Gasteiger partial charge in [0.25, 0.3) is 0 Å². The maximum Gasteiger partial charge on any atom is 0.243 e. The van der Waals surface area contributed by atoms with E-state index in [0.717, 1.165) is 28.7 Å². The Morgan fingerprint density at radius 3 is 2.42 bits per heavy atom. The van der Waals surface area contributed by atoms with E-state index in [0.29, 0.717) is 30.2 Å². The molecule has 0 spiro atoms. The molecule has 0 radical (unpaired) electrons. The lowest BCUT2D eigenvalue weighted by atomic mass is 10.1. The number of amidine groups is 1. The van der Waals surface area contributed by atoms with E-state index in [1.165, 1.54) is 16.4 Å². The van der Waals surface area contributed by atoms with Gasteiger partial charge in [-0.25, -0.2) is 17.8 Å². The average Bonchev–Trinajstić information content (AvgIpc) is 2.97. The predicted molar refractivity (Wildman–Crippen MR) is 125 cm³/mol. The molecule has 1 saturated heterocycles. The zero-order valence-electron chi connectivity index (χ0n) is 18.5. The van der Waals surface area contributed by atoms with Gasteiger partial charge in [0.1, 0.15) is 23.1 Å². The SMILES string of the molecule is Cc1ccc2c(c1)Oc1ccccc1C(N1CCN(S(=O)(=O)c3ccc(C)c(F)c3)CC1)=N2. The number of aliphatic imine (C=N–C) groups is 1. The fraction of sp³-hybridized carbons (Fsp3) is 0.240. The van der Waals surface area contributed by atoms with Crippen LogP contribution < -0.4 is 4.74 Å². The van der Waals surface area contributed by atoms with E-state index in [1.807, 2.05) is 49.4 Å². The highest BCUT2D eigenvalue weighted by molar-refractivity contribution is 7.89. The van der Waals surface area contributed by atoms with Gasteiger partial charge in [-0.3, -0.25) is 0 Å². The fourth-order valence-corrected chi connectivity index (χ4v) is 5.53. The fourth-order valence-electron chi connectivity index (χ4n) is 4.09. The molecule has 0 unspecified atom stereocenters. The number of hydrogen-bond acceptors (Lipinski definition) is 5. The molecule has 0 N–H and O–H groups in total. The van der Waals surface area contributed by atoms with Gasteiger partial charge < -0.3 is 9.64 Å². The van der Waals surface area contributed by atoms with Crippen LogP contribution in [0.3, 0.4) is 0 Å². The first kappa shape index (κ1) is 21.6. The molecule has 0 atom stereocenters. The summed E-state index contributed by atoms with van der Waals surface area (Å²) in [6, 6.07) is 17.7. The number of ether oxygens (including phenoxy) is 1. The van der Waals surface area contributed by atoms with Crippen molar-refractivity contribution in [3.05, 3.63) is 83.2 Å². The molecule has 1 fully saturated rings. The molecule has 2 heterocycles. The second kappa shape index (κ2) is 8.28. The van der Waals surface area contributed by atoms with Crippen molar-refractivity contribution in [3.8, 4) is 11.5 Å². The maximum atomic E-state index is 14.0. The van der Waals surface area contributed by atoms with Crippen molar-refractivity contribution >= 4 is 21.5 Å². The smallest absolute Gasteiger partial charge is 0.243 e. The number of benzene rings is 3. The van der Waals surface area contributed by atoms with Crippen LogP contribution in [0, 0.1) is 19.7 Å². The lowest BCUT2D eigenvalue weighted by Gasteiger charge is -2.35.